The van der Waals surface area contributed by atoms with E-state index in [1.165, 1.54) is 0 Å². The molecule has 2 rings (SSSR count). The number of nitrogens with two attached hydrogens (primary N) is 1. The molecule has 0 saturated carbocycles. The molecule has 4 nitrogen and oxygen atoms in total. The standard InChI is InChI=1S/C10H11BO2.C6H15NO/c11-9-2-1-3-10(4-9)13-7-8-5-12-6-8;1-5(2,7)6(3,4)8/h1-4,8H,5-7H2;8H,7H2,1-4H3. The summed E-state index contributed by atoms with van der Waals surface area (Å²) in [6.07, 6.45) is 0. The maximum absolute atomic E-state index is 9.23. The van der Waals surface area contributed by atoms with Crippen molar-refractivity contribution in [3.05, 3.63) is 24.3 Å². The fraction of sp³-hybridized carbons (Fsp3) is 0.625. The van der Waals surface area contributed by atoms with Crippen LogP contribution in [-0.2, 0) is 4.74 Å². The minimum Gasteiger partial charge on any atom is -0.493 e. The molecule has 1 heterocycles. The fourth-order valence-electron chi connectivity index (χ4n) is 1.20. The van der Waals surface area contributed by atoms with Crippen LogP contribution in [0.2, 0.25) is 0 Å². The lowest BCUT2D eigenvalue weighted by molar-refractivity contribution is -0.0508. The smallest absolute Gasteiger partial charge is 0.118 e. The van der Waals surface area contributed by atoms with E-state index in [0.29, 0.717) is 5.92 Å². The molecule has 21 heavy (non-hydrogen) atoms. The molecular formula is C16H26BNO3. The molecule has 0 bridgehead atoms. The second-order valence-corrected chi connectivity index (χ2v) is 6.57. The van der Waals surface area contributed by atoms with Gasteiger partial charge in [0.1, 0.15) is 13.6 Å². The van der Waals surface area contributed by atoms with Gasteiger partial charge < -0.3 is 20.3 Å². The van der Waals surface area contributed by atoms with E-state index in [2.05, 4.69) is 0 Å². The van der Waals surface area contributed by atoms with Crippen molar-refractivity contribution in [3.8, 4) is 5.75 Å². The molecule has 1 fully saturated rings. The van der Waals surface area contributed by atoms with Gasteiger partial charge in [0.2, 0.25) is 0 Å². The van der Waals surface area contributed by atoms with E-state index in [1.54, 1.807) is 27.7 Å². The SMILES string of the molecule is CC(C)(N)C(C)(C)O.[B]c1cccc(OCC2COC2)c1. The quantitative estimate of drug-likeness (QED) is 0.812. The van der Waals surface area contributed by atoms with E-state index < -0.39 is 11.1 Å². The Morgan fingerprint density at radius 2 is 1.90 bits per heavy atom. The highest BCUT2D eigenvalue weighted by Crippen LogP contribution is 2.16. The Balaban J connectivity index is 0.000000240. The van der Waals surface area contributed by atoms with Crippen LogP contribution in [0.25, 0.3) is 0 Å². The van der Waals surface area contributed by atoms with Crippen LogP contribution in [0.5, 0.6) is 5.75 Å². The van der Waals surface area contributed by atoms with Crippen LogP contribution in [0, 0.1) is 5.92 Å². The Kier molecular flexibility index (Phi) is 6.26. The number of aliphatic hydroxyl groups is 1. The van der Waals surface area contributed by atoms with Crippen molar-refractivity contribution < 1.29 is 14.6 Å². The van der Waals surface area contributed by atoms with Crippen LogP contribution < -0.4 is 15.9 Å². The molecule has 2 radical (unpaired) electrons. The second-order valence-electron chi connectivity index (χ2n) is 6.57. The van der Waals surface area contributed by atoms with Crippen LogP contribution >= 0.6 is 0 Å². The van der Waals surface area contributed by atoms with E-state index in [1.807, 2.05) is 24.3 Å². The van der Waals surface area contributed by atoms with E-state index in [-0.39, 0.29) is 0 Å². The summed E-state index contributed by atoms with van der Waals surface area (Å²) in [5.41, 5.74) is 5.01. The van der Waals surface area contributed by atoms with Crippen molar-refractivity contribution >= 4 is 13.3 Å². The first kappa shape index (κ1) is 18.0. The van der Waals surface area contributed by atoms with Gasteiger partial charge in [-0.15, -0.1) is 0 Å². The largest absolute Gasteiger partial charge is 0.493 e. The number of ether oxygens (including phenoxy) is 2. The number of rotatable bonds is 4. The molecule has 0 aliphatic carbocycles. The zero-order valence-corrected chi connectivity index (χ0v) is 13.4. The highest BCUT2D eigenvalue weighted by atomic mass is 16.5. The monoisotopic (exact) mass is 291 g/mol. The van der Waals surface area contributed by atoms with Crippen molar-refractivity contribution in [2.45, 2.75) is 38.8 Å². The molecule has 116 valence electrons. The summed E-state index contributed by atoms with van der Waals surface area (Å²) in [6.45, 7) is 9.37. The highest BCUT2D eigenvalue weighted by Gasteiger charge is 2.30. The number of hydrogen-bond acceptors (Lipinski definition) is 4. The van der Waals surface area contributed by atoms with Gasteiger partial charge in [-0.1, -0.05) is 17.6 Å². The van der Waals surface area contributed by atoms with Crippen molar-refractivity contribution in [2.24, 2.45) is 11.7 Å². The predicted octanol–water partition coefficient (Wildman–Crippen LogP) is 1.00. The summed E-state index contributed by atoms with van der Waals surface area (Å²) in [7, 11) is 5.61. The Morgan fingerprint density at radius 1 is 1.33 bits per heavy atom. The van der Waals surface area contributed by atoms with Crippen LogP contribution in [0.4, 0.5) is 0 Å². The van der Waals surface area contributed by atoms with Crippen LogP contribution in [-0.4, -0.2) is 43.9 Å². The van der Waals surface area contributed by atoms with Gasteiger partial charge in [0.25, 0.3) is 0 Å². The summed E-state index contributed by atoms with van der Waals surface area (Å²) < 4.78 is 10.6. The minimum atomic E-state index is -0.785. The van der Waals surface area contributed by atoms with Gasteiger partial charge in [-0.05, 0) is 39.8 Å². The van der Waals surface area contributed by atoms with E-state index in [4.69, 9.17) is 23.1 Å². The van der Waals surface area contributed by atoms with Crippen LogP contribution in [0.3, 0.4) is 0 Å². The molecule has 1 aliphatic heterocycles. The normalized spacial score (nSPS) is 15.7. The molecule has 1 saturated heterocycles. The first-order valence-electron chi connectivity index (χ1n) is 7.17. The van der Waals surface area contributed by atoms with Crippen LogP contribution in [0.1, 0.15) is 27.7 Å². The molecule has 1 aromatic carbocycles. The summed E-state index contributed by atoms with van der Waals surface area (Å²) in [4.78, 5) is 0. The van der Waals surface area contributed by atoms with E-state index >= 15 is 0 Å². The third-order valence-corrected chi connectivity index (χ3v) is 3.63. The lowest BCUT2D eigenvalue weighted by atomic mass is 9.87. The van der Waals surface area contributed by atoms with Gasteiger partial charge in [-0.25, -0.2) is 0 Å². The van der Waals surface area contributed by atoms with Gasteiger partial charge in [-0.2, -0.15) is 0 Å². The molecular weight excluding hydrogens is 265 g/mol. The lowest BCUT2D eigenvalue weighted by Crippen LogP contribution is -2.52. The van der Waals surface area contributed by atoms with Gasteiger partial charge in [0.05, 0.1) is 25.4 Å². The molecule has 0 unspecified atom stereocenters. The Hall–Kier alpha value is -1.04. The zero-order valence-electron chi connectivity index (χ0n) is 13.4. The first-order chi connectivity index (χ1) is 9.59. The molecule has 5 heteroatoms. The molecule has 0 spiro atoms. The Labute approximate surface area is 129 Å². The molecule has 1 aliphatic rings. The Bertz CT molecular complexity index is 422. The van der Waals surface area contributed by atoms with Crippen molar-refractivity contribution in [1.29, 1.82) is 0 Å². The maximum atomic E-state index is 9.23. The molecule has 3 N–H and O–H groups in total. The number of benzene rings is 1. The summed E-state index contributed by atoms with van der Waals surface area (Å²) in [5.74, 6) is 1.40. The van der Waals surface area contributed by atoms with E-state index in [9.17, 15) is 5.11 Å². The predicted molar refractivity (Wildman–Crippen MR) is 86.2 cm³/mol. The van der Waals surface area contributed by atoms with Gasteiger partial charge in [0.15, 0.2) is 0 Å². The minimum absolute atomic E-state index is 0.507. The second kappa shape index (κ2) is 7.30. The molecule has 0 aromatic heterocycles. The zero-order chi connectivity index (χ0) is 16.1. The average molecular weight is 291 g/mol. The molecule has 0 atom stereocenters. The highest BCUT2D eigenvalue weighted by molar-refractivity contribution is 6.32. The summed E-state index contributed by atoms with van der Waals surface area (Å²) >= 11 is 0. The van der Waals surface area contributed by atoms with Crippen molar-refractivity contribution in [3.63, 3.8) is 0 Å². The van der Waals surface area contributed by atoms with Crippen LogP contribution in [0.15, 0.2) is 24.3 Å². The molecule has 0 amide bonds. The maximum Gasteiger partial charge on any atom is 0.118 e. The van der Waals surface area contributed by atoms with E-state index in [0.717, 1.165) is 31.0 Å². The summed E-state index contributed by atoms with van der Waals surface area (Å²) in [6, 6.07) is 7.48. The van der Waals surface area contributed by atoms with Crippen molar-refractivity contribution in [2.75, 3.05) is 19.8 Å². The van der Waals surface area contributed by atoms with Crippen molar-refractivity contribution in [1.82, 2.24) is 0 Å². The topological polar surface area (TPSA) is 64.7 Å². The lowest BCUT2D eigenvalue weighted by Gasteiger charge is -2.32. The van der Waals surface area contributed by atoms with Gasteiger partial charge in [0, 0.05) is 11.5 Å². The first-order valence-corrected chi connectivity index (χ1v) is 7.17. The van der Waals surface area contributed by atoms with Gasteiger partial charge >= 0.3 is 0 Å². The Morgan fingerprint density at radius 3 is 2.29 bits per heavy atom. The van der Waals surface area contributed by atoms with Gasteiger partial charge in [-0.3, -0.25) is 0 Å². The average Bonchev–Trinajstić information content (AvgIpc) is 2.25. The third kappa shape index (κ3) is 6.51. The fourth-order valence-corrected chi connectivity index (χ4v) is 1.20. The molecule has 1 aromatic rings. The third-order valence-electron chi connectivity index (χ3n) is 3.63. The summed E-state index contributed by atoms with van der Waals surface area (Å²) in [5, 5.41) is 9.23. The number of hydrogen-bond donors (Lipinski definition) is 2.